The van der Waals surface area contributed by atoms with Crippen molar-refractivity contribution in [3.63, 3.8) is 0 Å². The van der Waals surface area contributed by atoms with Gasteiger partial charge in [0.15, 0.2) is 10.8 Å². The van der Waals surface area contributed by atoms with Crippen molar-refractivity contribution < 1.29 is 0 Å². The maximum Gasteiger partial charge on any atom is 0.195 e. The molecule has 2 N–H and O–H groups in total. The number of thioether (sulfide) groups is 1. The van der Waals surface area contributed by atoms with E-state index in [4.69, 9.17) is 11.0 Å². The quantitative estimate of drug-likeness (QED) is 0.656. The first-order valence-electron chi connectivity index (χ1n) is 5.75. The van der Waals surface area contributed by atoms with E-state index in [2.05, 4.69) is 16.3 Å². The monoisotopic (exact) mass is 261 g/mol. The zero-order valence-electron chi connectivity index (χ0n) is 10.2. The van der Waals surface area contributed by atoms with Gasteiger partial charge in [-0.3, -0.25) is 4.40 Å². The van der Waals surface area contributed by atoms with Crippen molar-refractivity contribution >= 4 is 17.4 Å². The summed E-state index contributed by atoms with van der Waals surface area (Å²) in [5.74, 6) is 0.879. The molecule has 0 fully saturated rings. The molecule has 1 unspecified atom stereocenters. The molecule has 0 aliphatic rings. The van der Waals surface area contributed by atoms with Crippen LogP contribution in [0.3, 0.4) is 0 Å². The molecule has 94 valence electrons. The minimum Gasteiger partial charge on any atom is -0.314 e. The summed E-state index contributed by atoms with van der Waals surface area (Å²) in [6, 6.07) is 7.91. The van der Waals surface area contributed by atoms with Gasteiger partial charge in [0.1, 0.15) is 5.54 Å². The fraction of sp³-hybridized carbons (Fsp3) is 0.417. The topological polar surface area (TPSA) is 80.0 Å². The number of rotatable bonds is 5. The number of aromatic nitrogens is 3. The molecule has 2 heterocycles. The van der Waals surface area contributed by atoms with Gasteiger partial charge in [0.05, 0.1) is 6.07 Å². The Hall–Kier alpha value is -1.58. The average Bonchev–Trinajstić information content (AvgIpc) is 2.78. The molecule has 2 aromatic rings. The minimum absolute atomic E-state index is 0.688. The Morgan fingerprint density at radius 1 is 1.50 bits per heavy atom. The Bertz CT molecular complexity index is 569. The SMILES string of the molecule is CC(N)(C#N)CCCSc1nnc2ccccn12. The van der Waals surface area contributed by atoms with E-state index in [1.807, 2.05) is 28.8 Å². The van der Waals surface area contributed by atoms with E-state index in [0.29, 0.717) is 6.42 Å². The molecule has 1 atom stereocenters. The summed E-state index contributed by atoms with van der Waals surface area (Å²) in [4.78, 5) is 0. The van der Waals surface area contributed by atoms with Gasteiger partial charge in [-0.25, -0.2) is 0 Å². The standard InChI is InChI=1S/C12H15N5S/c1-12(14,9-13)6-4-8-18-11-16-15-10-5-2-3-7-17(10)11/h2-3,5,7H,4,6,8,14H2,1H3. The van der Waals surface area contributed by atoms with Crippen molar-refractivity contribution in [2.24, 2.45) is 5.73 Å². The maximum atomic E-state index is 8.81. The van der Waals surface area contributed by atoms with E-state index < -0.39 is 5.54 Å². The van der Waals surface area contributed by atoms with Crippen molar-refractivity contribution in [1.82, 2.24) is 14.6 Å². The molecule has 2 aromatic heterocycles. The Kier molecular flexibility index (Phi) is 3.84. The van der Waals surface area contributed by atoms with E-state index in [0.717, 1.165) is 23.0 Å². The van der Waals surface area contributed by atoms with Gasteiger partial charge in [0.2, 0.25) is 0 Å². The molecule has 0 aliphatic carbocycles. The van der Waals surface area contributed by atoms with E-state index in [-0.39, 0.29) is 0 Å². The minimum atomic E-state index is -0.729. The molecular formula is C12H15N5S. The van der Waals surface area contributed by atoms with Gasteiger partial charge in [-0.2, -0.15) is 5.26 Å². The van der Waals surface area contributed by atoms with Crippen LogP contribution in [0, 0.1) is 11.3 Å². The molecule has 6 heteroatoms. The third-order valence-corrected chi connectivity index (χ3v) is 3.64. The summed E-state index contributed by atoms with van der Waals surface area (Å²) in [7, 11) is 0. The van der Waals surface area contributed by atoms with Gasteiger partial charge in [-0.05, 0) is 31.9 Å². The molecule has 0 aromatic carbocycles. The second-order valence-corrected chi connectivity index (χ2v) is 5.45. The van der Waals surface area contributed by atoms with Gasteiger partial charge in [-0.1, -0.05) is 17.8 Å². The zero-order chi connectivity index (χ0) is 13.0. The molecule has 0 aliphatic heterocycles. The van der Waals surface area contributed by atoms with Crippen molar-refractivity contribution in [3.8, 4) is 6.07 Å². The second kappa shape index (κ2) is 5.38. The summed E-state index contributed by atoms with van der Waals surface area (Å²) in [5.41, 5.74) is 5.88. The van der Waals surface area contributed by atoms with Crippen LogP contribution in [-0.2, 0) is 0 Å². The van der Waals surface area contributed by atoms with Crippen LogP contribution in [0.4, 0.5) is 0 Å². The van der Waals surface area contributed by atoms with Gasteiger partial charge in [0.25, 0.3) is 0 Å². The van der Waals surface area contributed by atoms with Crippen LogP contribution in [0.25, 0.3) is 5.65 Å². The third-order valence-electron chi connectivity index (χ3n) is 2.61. The summed E-state index contributed by atoms with van der Waals surface area (Å²) < 4.78 is 1.95. The summed E-state index contributed by atoms with van der Waals surface area (Å²) in [5, 5.41) is 17.9. The van der Waals surface area contributed by atoms with Crippen molar-refractivity contribution in [2.45, 2.75) is 30.5 Å². The summed E-state index contributed by atoms with van der Waals surface area (Å²) in [6.45, 7) is 1.75. The van der Waals surface area contributed by atoms with E-state index in [1.54, 1.807) is 18.7 Å². The lowest BCUT2D eigenvalue weighted by molar-refractivity contribution is 0.540. The van der Waals surface area contributed by atoms with Crippen molar-refractivity contribution in [3.05, 3.63) is 24.4 Å². The van der Waals surface area contributed by atoms with Gasteiger partial charge >= 0.3 is 0 Å². The summed E-state index contributed by atoms with van der Waals surface area (Å²) >= 11 is 1.63. The fourth-order valence-electron chi connectivity index (χ4n) is 1.58. The normalized spacial score (nSPS) is 14.3. The zero-order valence-corrected chi connectivity index (χ0v) is 11.0. The Morgan fingerprint density at radius 3 is 3.11 bits per heavy atom. The molecule has 0 amide bonds. The molecule has 0 spiro atoms. The van der Waals surface area contributed by atoms with E-state index >= 15 is 0 Å². The fourth-order valence-corrected chi connectivity index (χ4v) is 2.44. The lowest BCUT2D eigenvalue weighted by Gasteiger charge is -2.13. The molecule has 18 heavy (non-hydrogen) atoms. The van der Waals surface area contributed by atoms with Crippen LogP contribution in [-0.4, -0.2) is 25.9 Å². The molecule has 0 bridgehead atoms. The number of nitriles is 1. The highest BCUT2D eigenvalue weighted by Crippen LogP contribution is 2.19. The number of nitrogens with two attached hydrogens (primary N) is 1. The number of pyridine rings is 1. The first-order valence-corrected chi connectivity index (χ1v) is 6.74. The van der Waals surface area contributed by atoms with Crippen molar-refractivity contribution in [1.29, 1.82) is 5.26 Å². The van der Waals surface area contributed by atoms with Crippen LogP contribution in [0.2, 0.25) is 0 Å². The first-order chi connectivity index (χ1) is 8.62. The predicted octanol–water partition coefficient (Wildman–Crippen LogP) is 1.84. The predicted molar refractivity (Wildman–Crippen MR) is 71.2 cm³/mol. The molecule has 5 nitrogen and oxygen atoms in total. The van der Waals surface area contributed by atoms with Crippen LogP contribution >= 0.6 is 11.8 Å². The molecule has 0 saturated carbocycles. The van der Waals surface area contributed by atoms with Crippen LogP contribution < -0.4 is 5.73 Å². The highest BCUT2D eigenvalue weighted by atomic mass is 32.2. The molecule has 0 saturated heterocycles. The molecule has 0 radical (unpaired) electrons. The van der Waals surface area contributed by atoms with E-state index in [9.17, 15) is 0 Å². The number of fused-ring (bicyclic) bond motifs is 1. The lowest BCUT2D eigenvalue weighted by atomic mass is 10.0. The summed E-state index contributed by atoms with van der Waals surface area (Å²) in [6.07, 6.45) is 3.51. The largest absolute Gasteiger partial charge is 0.314 e. The van der Waals surface area contributed by atoms with E-state index in [1.165, 1.54) is 0 Å². The van der Waals surface area contributed by atoms with Crippen LogP contribution in [0.5, 0.6) is 0 Å². The molecule has 2 rings (SSSR count). The Labute approximate surface area is 110 Å². The van der Waals surface area contributed by atoms with Gasteiger partial charge in [-0.15, -0.1) is 10.2 Å². The smallest absolute Gasteiger partial charge is 0.195 e. The maximum absolute atomic E-state index is 8.81. The van der Waals surface area contributed by atoms with Crippen molar-refractivity contribution in [2.75, 3.05) is 5.75 Å². The number of nitrogens with zero attached hydrogens (tertiary/aromatic N) is 4. The first kappa shape index (κ1) is 12.9. The third kappa shape index (κ3) is 3.00. The highest BCUT2D eigenvalue weighted by molar-refractivity contribution is 7.99. The molecular weight excluding hydrogens is 246 g/mol. The van der Waals surface area contributed by atoms with Gasteiger partial charge in [0, 0.05) is 11.9 Å². The number of hydrogen-bond donors (Lipinski definition) is 1. The lowest BCUT2D eigenvalue weighted by Crippen LogP contribution is -2.33. The van der Waals surface area contributed by atoms with Crippen LogP contribution in [0.1, 0.15) is 19.8 Å². The average molecular weight is 261 g/mol. The van der Waals surface area contributed by atoms with Crippen LogP contribution in [0.15, 0.2) is 29.6 Å². The Balaban J connectivity index is 1.90. The van der Waals surface area contributed by atoms with Gasteiger partial charge < -0.3 is 5.73 Å². The highest BCUT2D eigenvalue weighted by Gasteiger charge is 2.16. The number of hydrogen-bond acceptors (Lipinski definition) is 5. The second-order valence-electron chi connectivity index (χ2n) is 4.39. The Morgan fingerprint density at radius 2 is 2.33 bits per heavy atom.